The minimum atomic E-state index is -0.407. The van der Waals surface area contributed by atoms with Crippen molar-refractivity contribution in [1.82, 2.24) is 4.90 Å². The molecular weight excluding hydrogens is 320 g/mol. The van der Waals surface area contributed by atoms with E-state index in [1.165, 1.54) is 0 Å². The van der Waals surface area contributed by atoms with Gasteiger partial charge in [0.25, 0.3) is 0 Å². The molecule has 0 unspecified atom stereocenters. The SMILES string of the molecule is Cc1ccc(Oc2ccc(NC(=O)CN3C(=O)CCC3=O)cc2)cc1. The first kappa shape index (κ1) is 16.7. The molecule has 6 nitrogen and oxygen atoms in total. The summed E-state index contributed by atoms with van der Waals surface area (Å²) in [7, 11) is 0. The van der Waals surface area contributed by atoms with Crippen LogP contribution < -0.4 is 10.1 Å². The molecule has 0 atom stereocenters. The van der Waals surface area contributed by atoms with E-state index in [9.17, 15) is 14.4 Å². The number of aryl methyl sites for hydroxylation is 1. The molecule has 1 saturated heterocycles. The topological polar surface area (TPSA) is 75.7 Å². The zero-order chi connectivity index (χ0) is 17.8. The van der Waals surface area contributed by atoms with Gasteiger partial charge in [-0.15, -0.1) is 0 Å². The molecule has 0 aliphatic carbocycles. The average Bonchev–Trinajstić information content (AvgIpc) is 2.90. The summed E-state index contributed by atoms with van der Waals surface area (Å²) in [4.78, 5) is 36.0. The summed E-state index contributed by atoms with van der Waals surface area (Å²) in [6.07, 6.45) is 0.355. The van der Waals surface area contributed by atoms with Crippen molar-refractivity contribution >= 4 is 23.4 Å². The number of imide groups is 1. The maximum absolute atomic E-state index is 12.0. The Kier molecular flexibility index (Phi) is 4.79. The van der Waals surface area contributed by atoms with Crippen molar-refractivity contribution in [2.75, 3.05) is 11.9 Å². The van der Waals surface area contributed by atoms with Crippen LogP contribution in [-0.4, -0.2) is 29.2 Å². The molecule has 0 radical (unpaired) electrons. The quantitative estimate of drug-likeness (QED) is 0.851. The number of likely N-dealkylation sites (tertiary alicyclic amines) is 1. The van der Waals surface area contributed by atoms with Gasteiger partial charge in [-0.3, -0.25) is 19.3 Å². The summed E-state index contributed by atoms with van der Waals surface area (Å²) in [6, 6.07) is 14.6. The first-order valence-corrected chi connectivity index (χ1v) is 7.99. The Morgan fingerprint density at radius 1 is 0.960 bits per heavy atom. The van der Waals surface area contributed by atoms with E-state index in [0.717, 1.165) is 16.2 Å². The maximum Gasteiger partial charge on any atom is 0.244 e. The van der Waals surface area contributed by atoms with Gasteiger partial charge in [0, 0.05) is 18.5 Å². The minimum Gasteiger partial charge on any atom is -0.457 e. The fourth-order valence-electron chi connectivity index (χ4n) is 2.49. The molecule has 1 aliphatic rings. The molecule has 0 spiro atoms. The van der Waals surface area contributed by atoms with Gasteiger partial charge in [-0.05, 0) is 43.3 Å². The summed E-state index contributed by atoms with van der Waals surface area (Å²) in [6.45, 7) is 1.75. The Morgan fingerprint density at radius 3 is 2.04 bits per heavy atom. The van der Waals surface area contributed by atoms with Gasteiger partial charge in [0.15, 0.2) is 0 Å². The second-order valence-corrected chi connectivity index (χ2v) is 5.86. The molecule has 3 rings (SSSR count). The molecule has 1 N–H and O–H groups in total. The van der Waals surface area contributed by atoms with E-state index in [0.29, 0.717) is 11.4 Å². The Labute approximate surface area is 145 Å². The number of carbonyl (C=O) groups is 3. The summed E-state index contributed by atoms with van der Waals surface area (Å²) in [5, 5.41) is 2.67. The highest BCUT2D eigenvalue weighted by atomic mass is 16.5. The van der Waals surface area contributed by atoms with E-state index in [1.807, 2.05) is 31.2 Å². The van der Waals surface area contributed by atoms with Crippen LogP contribution in [0, 0.1) is 6.92 Å². The molecule has 1 heterocycles. The second-order valence-electron chi connectivity index (χ2n) is 5.86. The monoisotopic (exact) mass is 338 g/mol. The first-order valence-electron chi connectivity index (χ1n) is 7.99. The Hall–Kier alpha value is -3.15. The number of ether oxygens (including phenoxy) is 1. The molecule has 0 bridgehead atoms. The van der Waals surface area contributed by atoms with E-state index in [-0.39, 0.29) is 31.2 Å². The molecule has 2 aromatic carbocycles. The van der Waals surface area contributed by atoms with Crippen LogP contribution in [0.2, 0.25) is 0 Å². The summed E-state index contributed by atoms with van der Waals surface area (Å²) < 4.78 is 5.72. The van der Waals surface area contributed by atoms with Crippen LogP contribution in [0.3, 0.4) is 0 Å². The predicted octanol–water partition coefficient (Wildman–Crippen LogP) is 2.87. The van der Waals surface area contributed by atoms with Crippen LogP contribution in [-0.2, 0) is 14.4 Å². The second kappa shape index (κ2) is 7.17. The van der Waals surface area contributed by atoms with E-state index in [1.54, 1.807) is 24.3 Å². The van der Waals surface area contributed by atoms with Crippen molar-refractivity contribution in [3.05, 3.63) is 54.1 Å². The lowest BCUT2D eigenvalue weighted by molar-refractivity contribution is -0.141. The van der Waals surface area contributed by atoms with Gasteiger partial charge in [0.05, 0.1) is 0 Å². The summed E-state index contributed by atoms with van der Waals surface area (Å²) >= 11 is 0. The summed E-state index contributed by atoms with van der Waals surface area (Å²) in [5.41, 5.74) is 1.72. The number of nitrogens with zero attached hydrogens (tertiary/aromatic N) is 1. The standard InChI is InChI=1S/C19H18N2O4/c1-13-2-6-15(7-3-13)25-16-8-4-14(5-9-16)20-17(22)12-21-18(23)10-11-19(21)24/h2-9H,10-12H2,1H3,(H,20,22). The Bertz CT molecular complexity index is 781. The van der Waals surface area contributed by atoms with Crippen molar-refractivity contribution < 1.29 is 19.1 Å². The van der Waals surface area contributed by atoms with Crippen molar-refractivity contribution in [2.45, 2.75) is 19.8 Å². The molecule has 1 aliphatic heterocycles. The normalized spacial score (nSPS) is 13.9. The van der Waals surface area contributed by atoms with E-state index in [2.05, 4.69) is 5.32 Å². The highest BCUT2D eigenvalue weighted by Gasteiger charge is 2.30. The fraction of sp³-hybridized carbons (Fsp3) is 0.211. The lowest BCUT2D eigenvalue weighted by atomic mass is 10.2. The minimum absolute atomic E-state index is 0.178. The number of anilines is 1. The molecule has 0 saturated carbocycles. The van der Waals surface area contributed by atoms with Crippen molar-refractivity contribution in [3.8, 4) is 11.5 Å². The largest absolute Gasteiger partial charge is 0.457 e. The van der Waals surface area contributed by atoms with Gasteiger partial charge in [-0.2, -0.15) is 0 Å². The molecular formula is C19H18N2O4. The zero-order valence-corrected chi connectivity index (χ0v) is 13.8. The van der Waals surface area contributed by atoms with E-state index < -0.39 is 5.91 Å². The molecule has 1 fully saturated rings. The predicted molar refractivity (Wildman–Crippen MR) is 92.3 cm³/mol. The third-order valence-corrected chi connectivity index (χ3v) is 3.85. The Morgan fingerprint density at radius 2 is 1.48 bits per heavy atom. The average molecular weight is 338 g/mol. The highest BCUT2D eigenvalue weighted by molar-refractivity contribution is 6.06. The van der Waals surface area contributed by atoms with Gasteiger partial charge in [-0.25, -0.2) is 0 Å². The molecule has 128 valence electrons. The smallest absolute Gasteiger partial charge is 0.244 e. The number of hydrogen-bond acceptors (Lipinski definition) is 4. The third kappa shape index (κ3) is 4.23. The van der Waals surface area contributed by atoms with E-state index in [4.69, 9.17) is 4.74 Å². The van der Waals surface area contributed by atoms with Gasteiger partial charge in [0.1, 0.15) is 18.0 Å². The zero-order valence-electron chi connectivity index (χ0n) is 13.8. The highest BCUT2D eigenvalue weighted by Crippen LogP contribution is 2.23. The van der Waals surface area contributed by atoms with Crippen molar-refractivity contribution in [2.24, 2.45) is 0 Å². The number of carbonyl (C=O) groups excluding carboxylic acids is 3. The third-order valence-electron chi connectivity index (χ3n) is 3.85. The van der Waals surface area contributed by atoms with Gasteiger partial charge in [-0.1, -0.05) is 17.7 Å². The number of nitrogens with one attached hydrogen (secondary N) is 1. The Balaban J connectivity index is 1.57. The number of benzene rings is 2. The molecule has 0 aromatic heterocycles. The first-order chi connectivity index (χ1) is 12.0. The number of rotatable bonds is 5. The van der Waals surface area contributed by atoms with Crippen LogP contribution in [0.15, 0.2) is 48.5 Å². The van der Waals surface area contributed by atoms with Crippen LogP contribution in [0.5, 0.6) is 11.5 Å². The van der Waals surface area contributed by atoms with Gasteiger partial charge in [0.2, 0.25) is 17.7 Å². The van der Waals surface area contributed by atoms with Crippen LogP contribution in [0.25, 0.3) is 0 Å². The molecule has 6 heteroatoms. The van der Waals surface area contributed by atoms with E-state index >= 15 is 0 Å². The van der Waals surface area contributed by atoms with Crippen molar-refractivity contribution in [3.63, 3.8) is 0 Å². The molecule has 3 amide bonds. The molecule has 2 aromatic rings. The molecule has 25 heavy (non-hydrogen) atoms. The van der Waals surface area contributed by atoms with Gasteiger partial charge < -0.3 is 10.1 Å². The summed E-state index contributed by atoms with van der Waals surface area (Å²) in [5.74, 6) is 0.361. The van der Waals surface area contributed by atoms with Crippen LogP contribution in [0.1, 0.15) is 18.4 Å². The maximum atomic E-state index is 12.0. The number of amides is 3. The lowest BCUT2D eigenvalue weighted by Gasteiger charge is -2.13. The van der Waals surface area contributed by atoms with Gasteiger partial charge >= 0.3 is 0 Å². The van der Waals surface area contributed by atoms with Crippen molar-refractivity contribution in [1.29, 1.82) is 0 Å². The van der Waals surface area contributed by atoms with Crippen LogP contribution >= 0.6 is 0 Å². The van der Waals surface area contributed by atoms with Crippen LogP contribution in [0.4, 0.5) is 5.69 Å². The number of hydrogen-bond donors (Lipinski definition) is 1. The fourth-order valence-corrected chi connectivity index (χ4v) is 2.49. The lowest BCUT2D eigenvalue weighted by Crippen LogP contribution is -2.36.